The van der Waals surface area contributed by atoms with Crippen molar-refractivity contribution in [3.05, 3.63) is 59.4 Å². The van der Waals surface area contributed by atoms with Gasteiger partial charge in [0.1, 0.15) is 11.7 Å². The maximum Gasteiger partial charge on any atom is 0.414 e. The van der Waals surface area contributed by atoms with Gasteiger partial charge in [0.2, 0.25) is 5.91 Å². The van der Waals surface area contributed by atoms with E-state index in [1.54, 1.807) is 12.1 Å². The van der Waals surface area contributed by atoms with E-state index in [0.29, 0.717) is 36.6 Å². The fraction of sp³-hybridized carbons (Fsp3) is 0.455. The first-order valence-corrected chi connectivity index (χ1v) is 15.2. The van der Waals surface area contributed by atoms with Crippen LogP contribution in [0, 0.1) is 11.7 Å². The minimum Gasteiger partial charge on any atom is -0.367 e. The molecule has 2 heterocycles. The van der Waals surface area contributed by atoms with Gasteiger partial charge in [-0.15, -0.1) is 0 Å². The Kier molecular flexibility index (Phi) is 9.43. The molecule has 2 aromatic carbocycles. The predicted octanol–water partition coefficient (Wildman–Crippen LogP) is 5.74. The zero-order valence-electron chi connectivity index (χ0n) is 25.5. The minimum atomic E-state index is -4.93. The molecule has 2 aromatic rings. The number of benzene rings is 2. The Balaban J connectivity index is 1.50. The molecule has 2 fully saturated rings. The van der Waals surface area contributed by atoms with E-state index in [2.05, 4.69) is 20.5 Å². The molecule has 0 radical (unpaired) electrons. The summed E-state index contributed by atoms with van der Waals surface area (Å²) in [7, 11) is 2.01. The number of alkyl halides is 3. The lowest BCUT2D eigenvalue weighted by Crippen LogP contribution is -2.55. The van der Waals surface area contributed by atoms with Gasteiger partial charge in [0.05, 0.1) is 16.9 Å². The summed E-state index contributed by atoms with van der Waals surface area (Å²) in [6.45, 7) is 5.23. The smallest absolute Gasteiger partial charge is 0.367 e. The minimum absolute atomic E-state index is 0.0588. The summed E-state index contributed by atoms with van der Waals surface area (Å²) in [6.07, 6.45) is 1.07. The molecule has 45 heavy (non-hydrogen) atoms. The van der Waals surface area contributed by atoms with Gasteiger partial charge in [0, 0.05) is 54.6 Å². The number of carbonyl (C=O) groups is 3. The predicted molar refractivity (Wildman–Crippen MR) is 165 cm³/mol. The van der Waals surface area contributed by atoms with Crippen LogP contribution in [0.15, 0.2) is 53.0 Å². The second-order valence-electron chi connectivity index (χ2n) is 12.2. The molecule has 3 aliphatic rings. The topological polar surface area (TPSA) is 94.1 Å². The summed E-state index contributed by atoms with van der Waals surface area (Å²) >= 11 is 0. The summed E-state index contributed by atoms with van der Waals surface area (Å²) in [5.41, 5.74) is 0.109. The van der Waals surface area contributed by atoms with Gasteiger partial charge < -0.3 is 15.5 Å². The lowest BCUT2D eigenvalue weighted by molar-refractivity contribution is -0.124. The van der Waals surface area contributed by atoms with Crippen LogP contribution in [0.1, 0.15) is 56.3 Å². The fourth-order valence-electron chi connectivity index (χ4n) is 6.25. The third-order valence-electron chi connectivity index (χ3n) is 9.01. The van der Waals surface area contributed by atoms with Crippen molar-refractivity contribution >= 4 is 35.3 Å². The molecule has 2 aliphatic heterocycles. The molecular weight excluding hydrogens is 590 g/mol. The highest BCUT2D eigenvalue weighted by Gasteiger charge is 2.43. The van der Waals surface area contributed by atoms with Crippen LogP contribution in [0.25, 0.3) is 11.1 Å². The SMILES string of the molecule is CC1CN(c2ccc(-c3cc(C(=O)NC4CCCCC4)ccc3F)cc2NC(=O)C2C=NC(=O)C=C2C(F)(F)F)CC(C)N1C. The fourth-order valence-corrected chi connectivity index (χ4v) is 6.25. The van der Waals surface area contributed by atoms with Crippen molar-refractivity contribution in [2.45, 2.75) is 70.3 Å². The zero-order valence-corrected chi connectivity index (χ0v) is 25.5. The number of anilines is 2. The van der Waals surface area contributed by atoms with Gasteiger partial charge in [-0.2, -0.15) is 13.2 Å². The van der Waals surface area contributed by atoms with E-state index in [-0.39, 0.29) is 40.8 Å². The molecule has 1 saturated heterocycles. The van der Waals surface area contributed by atoms with E-state index < -0.39 is 35.3 Å². The van der Waals surface area contributed by atoms with Gasteiger partial charge in [-0.05, 0) is 69.6 Å². The molecule has 0 spiro atoms. The van der Waals surface area contributed by atoms with Crippen LogP contribution >= 0.6 is 0 Å². The largest absolute Gasteiger partial charge is 0.414 e. The molecule has 240 valence electrons. The molecular formula is C33H37F4N5O3. The summed E-state index contributed by atoms with van der Waals surface area (Å²) in [5.74, 6) is -4.91. The van der Waals surface area contributed by atoms with E-state index in [4.69, 9.17) is 0 Å². The number of carbonyl (C=O) groups excluding carboxylic acids is 3. The van der Waals surface area contributed by atoms with Crippen molar-refractivity contribution < 1.29 is 31.9 Å². The molecule has 8 nitrogen and oxygen atoms in total. The molecule has 1 aliphatic carbocycles. The highest BCUT2D eigenvalue weighted by molar-refractivity contribution is 6.11. The third kappa shape index (κ3) is 7.27. The molecule has 1 saturated carbocycles. The lowest BCUT2D eigenvalue weighted by Gasteiger charge is -2.44. The number of nitrogens with zero attached hydrogens (tertiary/aromatic N) is 3. The maximum atomic E-state index is 15.3. The number of dihydropyridines is 1. The van der Waals surface area contributed by atoms with E-state index in [1.165, 1.54) is 24.3 Å². The first-order valence-electron chi connectivity index (χ1n) is 15.2. The van der Waals surface area contributed by atoms with Crippen molar-refractivity contribution in [2.24, 2.45) is 10.9 Å². The Morgan fingerprint density at radius 3 is 2.33 bits per heavy atom. The Morgan fingerprint density at radius 1 is 0.978 bits per heavy atom. The van der Waals surface area contributed by atoms with Gasteiger partial charge in [-0.25, -0.2) is 9.38 Å². The van der Waals surface area contributed by atoms with Crippen molar-refractivity contribution in [3.63, 3.8) is 0 Å². The Labute approximate surface area is 259 Å². The number of hydrogen-bond acceptors (Lipinski definition) is 5. The highest BCUT2D eigenvalue weighted by Crippen LogP contribution is 2.37. The van der Waals surface area contributed by atoms with Crippen LogP contribution in [-0.4, -0.2) is 73.3 Å². The molecule has 3 amide bonds. The zero-order chi connectivity index (χ0) is 32.5. The quantitative estimate of drug-likeness (QED) is 0.399. The average molecular weight is 628 g/mol. The van der Waals surface area contributed by atoms with Crippen LogP contribution < -0.4 is 15.5 Å². The van der Waals surface area contributed by atoms with Crippen LogP contribution in [0.3, 0.4) is 0 Å². The molecule has 3 unspecified atom stereocenters. The molecule has 12 heteroatoms. The van der Waals surface area contributed by atoms with E-state index >= 15 is 4.39 Å². The molecule has 0 bridgehead atoms. The van der Waals surface area contributed by atoms with Crippen molar-refractivity contribution in [1.29, 1.82) is 0 Å². The first kappa shape index (κ1) is 32.3. The van der Waals surface area contributed by atoms with Crippen LogP contribution in [0.4, 0.5) is 28.9 Å². The summed E-state index contributed by atoms with van der Waals surface area (Å²) in [4.78, 5) is 45.7. The number of aliphatic imine (C=N–C) groups is 1. The van der Waals surface area contributed by atoms with Gasteiger partial charge in [0.15, 0.2) is 0 Å². The van der Waals surface area contributed by atoms with E-state index in [9.17, 15) is 27.6 Å². The number of likely N-dealkylation sites (N-methyl/N-ethyl adjacent to an activating group) is 1. The Morgan fingerprint density at radius 2 is 1.67 bits per heavy atom. The molecule has 5 rings (SSSR count). The standard InChI is InChI=1S/C33H37F4N5O3/c1-19-17-42(18-20(2)41(19)3)29-12-10-21(14-28(29)40-32(45)25-16-38-30(43)15-26(25)33(35,36)37)24-13-22(9-11-27(24)34)31(44)39-23-7-5-4-6-8-23/h9-16,19-20,23,25H,4-8,17-18H2,1-3H3,(H,39,44)(H,40,45). The van der Waals surface area contributed by atoms with Crippen LogP contribution in [0.5, 0.6) is 0 Å². The average Bonchev–Trinajstić information content (AvgIpc) is 2.99. The Bertz CT molecular complexity index is 1520. The van der Waals surface area contributed by atoms with Gasteiger partial charge in [0.25, 0.3) is 11.8 Å². The number of hydrogen-bond donors (Lipinski definition) is 2. The van der Waals surface area contributed by atoms with Crippen molar-refractivity contribution in [1.82, 2.24) is 10.2 Å². The van der Waals surface area contributed by atoms with Gasteiger partial charge >= 0.3 is 6.18 Å². The van der Waals surface area contributed by atoms with Gasteiger partial charge in [-0.3, -0.25) is 19.3 Å². The lowest BCUT2D eigenvalue weighted by atomic mass is 9.94. The number of halogens is 4. The normalized spacial score (nSPS) is 23.1. The van der Waals surface area contributed by atoms with E-state index in [0.717, 1.165) is 32.1 Å². The van der Waals surface area contributed by atoms with Crippen LogP contribution in [-0.2, 0) is 9.59 Å². The number of piperazine rings is 1. The summed E-state index contributed by atoms with van der Waals surface area (Å²) in [6, 6.07) is 9.25. The Hall–Kier alpha value is -4.06. The second kappa shape index (κ2) is 13.1. The third-order valence-corrected chi connectivity index (χ3v) is 9.01. The first-order chi connectivity index (χ1) is 21.3. The van der Waals surface area contributed by atoms with Crippen molar-refractivity contribution in [2.75, 3.05) is 30.4 Å². The van der Waals surface area contributed by atoms with Crippen LogP contribution in [0.2, 0.25) is 0 Å². The maximum absolute atomic E-state index is 15.3. The number of amides is 3. The number of rotatable bonds is 6. The van der Waals surface area contributed by atoms with Gasteiger partial charge in [-0.1, -0.05) is 25.3 Å². The number of nitrogens with one attached hydrogen (secondary N) is 2. The van der Waals surface area contributed by atoms with E-state index in [1.807, 2.05) is 25.8 Å². The molecule has 0 aromatic heterocycles. The second-order valence-corrected chi connectivity index (χ2v) is 12.2. The summed E-state index contributed by atoms with van der Waals surface area (Å²) in [5, 5.41) is 5.65. The molecule has 3 atom stereocenters. The van der Waals surface area contributed by atoms with Crippen molar-refractivity contribution in [3.8, 4) is 11.1 Å². The highest BCUT2D eigenvalue weighted by atomic mass is 19.4. The molecule has 2 N–H and O–H groups in total. The monoisotopic (exact) mass is 627 g/mol. The summed E-state index contributed by atoms with van der Waals surface area (Å²) < 4.78 is 56.6.